The lowest BCUT2D eigenvalue weighted by molar-refractivity contribution is -0.312. The average Bonchev–Trinajstić information content (AvgIpc) is 2.69. The number of aliphatic carboxylic acids is 1. The topological polar surface area (TPSA) is 98.0 Å². The minimum atomic E-state index is -1.44. The molecule has 1 atom stereocenters. The fourth-order valence-electron chi connectivity index (χ4n) is 3.13. The zero-order chi connectivity index (χ0) is 21.3. The number of carboxylic acid groups (broad SMARTS) is 1. The molecule has 0 saturated heterocycles. The Morgan fingerprint density at radius 1 is 1.07 bits per heavy atom. The Balaban J connectivity index is 2.34. The standard InChI is InChI=1S/C22H22O7/c1-11-8-12(2)19-15(9-11)18(23)21(28-13(3)22(24)25)20(29-19)14-6-7-16(26-4)17(10-14)27-5/h6-10,13H,1-5H3,(H,24,25)/p-1/t13-/m1/s1. The van der Waals surface area contributed by atoms with Crippen LogP contribution in [-0.4, -0.2) is 26.3 Å². The summed E-state index contributed by atoms with van der Waals surface area (Å²) in [5.41, 5.74) is 2.07. The lowest BCUT2D eigenvalue weighted by Gasteiger charge is -2.18. The molecule has 7 heteroatoms. The summed E-state index contributed by atoms with van der Waals surface area (Å²) in [6.07, 6.45) is -1.35. The van der Waals surface area contributed by atoms with E-state index in [1.807, 2.05) is 19.9 Å². The fraction of sp³-hybridized carbons (Fsp3) is 0.273. The predicted octanol–water partition coefficient (Wildman–Crippen LogP) is 2.61. The maximum absolute atomic E-state index is 13.2. The van der Waals surface area contributed by atoms with Crippen LogP contribution < -0.4 is 24.7 Å². The van der Waals surface area contributed by atoms with Crippen molar-refractivity contribution in [2.45, 2.75) is 26.9 Å². The van der Waals surface area contributed by atoms with Gasteiger partial charge in [-0.05, 0) is 56.2 Å². The van der Waals surface area contributed by atoms with Crippen molar-refractivity contribution in [2.24, 2.45) is 0 Å². The molecule has 0 aliphatic heterocycles. The molecular formula is C22H21O7-. The van der Waals surface area contributed by atoms with E-state index in [9.17, 15) is 14.7 Å². The van der Waals surface area contributed by atoms with Crippen LogP contribution in [0.3, 0.4) is 0 Å². The Bertz CT molecular complexity index is 1140. The van der Waals surface area contributed by atoms with Crippen LogP contribution in [0.25, 0.3) is 22.3 Å². The first-order valence-electron chi connectivity index (χ1n) is 8.94. The summed E-state index contributed by atoms with van der Waals surface area (Å²) in [5.74, 6) is -0.623. The highest BCUT2D eigenvalue weighted by Crippen LogP contribution is 2.37. The number of carboxylic acids is 1. The van der Waals surface area contributed by atoms with Gasteiger partial charge in [0.15, 0.2) is 17.3 Å². The molecule has 0 fully saturated rings. The molecule has 0 N–H and O–H groups in total. The summed E-state index contributed by atoms with van der Waals surface area (Å²) in [5, 5.41) is 11.5. The number of aryl methyl sites for hydroxylation is 2. The van der Waals surface area contributed by atoms with Gasteiger partial charge in [0.05, 0.1) is 25.6 Å². The number of carbonyl (C=O) groups excluding carboxylic acids is 1. The Morgan fingerprint density at radius 3 is 2.38 bits per heavy atom. The monoisotopic (exact) mass is 397 g/mol. The molecule has 0 bridgehead atoms. The lowest BCUT2D eigenvalue weighted by Crippen LogP contribution is -2.38. The number of ether oxygens (including phenoxy) is 3. The van der Waals surface area contributed by atoms with Gasteiger partial charge in [-0.25, -0.2) is 0 Å². The van der Waals surface area contributed by atoms with Gasteiger partial charge in [0.25, 0.3) is 0 Å². The van der Waals surface area contributed by atoms with Crippen molar-refractivity contribution in [1.29, 1.82) is 0 Å². The van der Waals surface area contributed by atoms with Gasteiger partial charge in [-0.15, -0.1) is 0 Å². The average molecular weight is 397 g/mol. The molecule has 0 radical (unpaired) electrons. The van der Waals surface area contributed by atoms with E-state index in [0.717, 1.165) is 11.1 Å². The van der Waals surface area contributed by atoms with Gasteiger partial charge < -0.3 is 28.5 Å². The van der Waals surface area contributed by atoms with Crippen LogP contribution in [0.2, 0.25) is 0 Å². The second-order valence-corrected chi connectivity index (χ2v) is 6.70. The number of rotatable bonds is 6. The quantitative estimate of drug-likeness (QED) is 0.630. The number of hydrogen-bond donors (Lipinski definition) is 0. The zero-order valence-electron chi connectivity index (χ0n) is 16.8. The van der Waals surface area contributed by atoms with Crippen LogP contribution >= 0.6 is 0 Å². The maximum atomic E-state index is 13.2. The van der Waals surface area contributed by atoms with Crippen LogP contribution in [0, 0.1) is 13.8 Å². The van der Waals surface area contributed by atoms with Crippen LogP contribution in [0.15, 0.2) is 39.5 Å². The molecule has 1 heterocycles. The molecule has 3 aromatic rings. The van der Waals surface area contributed by atoms with Crippen LogP contribution in [0.1, 0.15) is 18.1 Å². The number of benzene rings is 2. The van der Waals surface area contributed by atoms with Crippen molar-refractivity contribution in [1.82, 2.24) is 0 Å². The number of carbonyl (C=O) groups is 1. The summed E-state index contributed by atoms with van der Waals surface area (Å²) in [7, 11) is 3.00. The van der Waals surface area contributed by atoms with E-state index in [2.05, 4.69) is 0 Å². The lowest BCUT2D eigenvalue weighted by atomic mass is 10.0. The van der Waals surface area contributed by atoms with Gasteiger partial charge in [0.1, 0.15) is 11.7 Å². The maximum Gasteiger partial charge on any atom is 0.235 e. The summed E-state index contributed by atoms with van der Waals surface area (Å²) in [6, 6.07) is 8.54. The van der Waals surface area contributed by atoms with Crippen molar-refractivity contribution in [2.75, 3.05) is 14.2 Å². The normalized spacial score (nSPS) is 11.9. The predicted molar refractivity (Wildman–Crippen MR) is 106 cm³/mol. The fourth-order valence-corrected chi connectivity index (χ4v) is 3.13. The van der Waals surface area contributed by atoms with E-state index in [1.165, 1.54) is 21.1 Å². The van der Waals surface area contributed by atoms with Crippen LogP contribution in [0.4, 0.5) is 0 Å². The Kier molecular flexibility index (Phi) is 5.50. The van der Waals surface area contributed by atoms with Crippen molar-refractivity contribution >= 4 is 16.9 Å². The summed E-state index contributed by atoms with van der Waals surface area (Å²) < 4.78 is 22.1. The highest BCUT2D eigenvalue weighted by Gasteiger charge is 2.22. The third-order valence-electron chi connectivity index (χ3n) is 4.55. The molecule has 2 aromatic carbocycles. The second-order valence-electron chi connectivity index (χ2n) is 6.70. The Hall–Kier alpha value is -3.48. The molecule has 0 unspecified atom stereocenters. The molecule has 29 heavy (non-hydrogen) atoms. The van der Waals surface area contributed by atoms with Gasteiger partial charge in [-0.1, -0.05) is 6.07 Å². The molecule has 0 saturated carbocycles. The van der Waals surface area contributed by atoms with Gasteiger partial charge in [0, 0.05) is 5.56 Å². The minimum Gasteiger partial charge on any atom is -0.546 e. The number of fused-ring (bicyclic) bond motifs is 1. The van der Waals surface area contributed by atoms with Gasteiger partial charge >= 0.3 is 0 Å². The van der Waals surface area contributed by atoms with E-state index in [-0.39, 0.29) is 11.5 Å². The third kappa shape index (κ3) is 3.76. The molecule has 152 valence electrons. The van der Waals surface area contributed by atoms with Gasteiger partial charge in [-0.3, -0.25) is 4.79 Å². The molecule has 1 aromatic heterocycles. The molecule has 0 aliphatic rings. The minimum absolute atomic E-state index is 0.100. The molecule has 0 spiro atoms. The van der Waals surface area contributed by atoms with E-state index < -0.39 is 17.5 Å². The first-order valence-corrected chi connectivity index (χ1v) is 8.94. The first-order chi connectivity index (χ1) is 13.8. The van der Waals surface area contributed by atoms with Crippen molar-refractivity contribution < 1.29 is 28.5 Å². The second kappa shape index (κ2) is 7.87. The van der Waals surface area contributed by atoms with Gasteiger partial charge in [-0.2, -0.15) is 0 Å². The Morgan fingerprint density at radius 2 is 1.76 bits per heavy atom. The molecule has 3 rings (SSSR count). The molecule has 0 aliphatic carbocycles. The molecule has 7 nitrogen and oxygen atoms in total. The zero-order valence-corrected chi connectivity index (χ0v) is 16.8. The van der Waals surface area contributed by atoms with Crippen molar-refractivity contribution in [3.8, 4) is 28.6 Å². The summed E-state index contributed by atoms with van der Waals surface area (Å²) in [6.45, 7) is 4.98. The van der Waals surface area contributed by atoms with Crippen molar-refractivity contribution in [3.63, 3.8) is 0 Å². The highest BCUT2D eigenvalue weighted by molar-refractivity contribution is 5.85. The van der Waals surface area contributed by atoms with E-state index >= 15 is 0 Å². The first kappa shape index (κ1) is 20.3. The van der Waals surface area contributed by atoms with E-state index in [4.69, 9.17) is 18.6 Å². The van der Waals surface area contributed by atoms with Crippen molar-refractivity contribution in [3.05, 3.63) is 51.7 Å². The summed E-state index contributed by atoms with van der Waals surface area (Å²) >= 11 is 0. The Labute approximate surface area is 167 Å². The smallest absolute Gasteiger partial charge is 0.235 e. The molecule has 0 amide bonds. The number of methoxy groups -OCH3 is 2. The van der Waals surface area contributed by atoms with Gasteiger partial charge in [0.2, 0.25) is 11.2 Å². The molecular weight excluding hydrogens is 376 g/mol. The summed E-state index contributed by atoms with van der Waals surface area (Å²) in [4.78, 5) is 24.4. The third-order valence-corrected chi connectivity index (χ3v) is 4.55. The highest BCUT2D eigenvalue weighted by atomic mass is 16.5. The number of hydrogen-bond acceptors (Lipinski definition) is 7. The SMILES string of the molecule is COc1ccc(-c2oc3c(C)cc(C)cc3c(=O)c2O[C@H](C)C(=O)[O-])cc1OC. The van der Waals surface area contributed by atoms with Crippen LogP contribution in [-0.2, 0) is 4.79 Å². The van der Waals surface area contributed by atoms with Crippen LogP contribution in [0.5, 0.6) is 17.2 Å². The largest absolute Gasteiger partial charge is 0.546 e. The van der Waals surface area contributed by atoms with E-state index in [1.54, 1.807) is 24.3 Å². The van der Waals surface area contributed by atoms with E-state index in [0.29, 0.717) is 28.0 Å².